The summed E-state index contributed by atoms with van der Waals surface area (Å²) >= 11 is 0. The molecule has 3 aromatic rings. The molecule has 1 atom stereocenters. The van der Waals surface area contributed by atoms with Crippen LogP contribution >= 0.6 is 0 Å². The highest BCUT2D eigenvalue weighted by Crippen LogP contribution is 2.32. The fourth-order valence-electron chi connectivity index (χ4n) is 2.97. The van der Waals surface area contributed by atoms with Gasteiger partial charge in [0.25, 0.3) is 0 Å². The Balaban J connectivity index is 1.78. The molecule has 25 heavy (non-hydrogen) atoms. The zero-order valence-corrected chi connectivity index (χ0v) is 14.4. The summed E-state index contributed by atoms with van der Waals surface area (Å²) in [5.41, 5.74) is 5.75. The van der Waals surface area contributed by atoms with Gasteiger partial charge in [0.15, 0.2) is 0 Å². The molecule has 126 valence electrons. The summed E-state index contributed by atoms with van der Waals surface area (Å²) in [5.74, 6) is 1.46. The fraction of sp³-hybridized carbons (Fsp3) is 0.211. The van der Waals surface area contributed by atoms with Crippen molar-refractivity contribution < 1.29 is 4.74 Å². The number of nitrogens with one attached hydrogen (secondary N) is 1. The Labute approximate surface area is 146 Å². The highest BCUT2D eigenvalue weighted by molar-refractivity contribution is 5.77. The third-order valence-electron chi connectivity index (χ3n) is 4.60. The third-order valence-corrected chi connectivity index (χ3v) is 4.60. The summed E-state index contributed by atoms with van der Waals surface area (Å²) in [4.78, 5) is 0. The molecule has 6 nitrogen and oxygen atoms in total. The van der Waals surface area contributed by atoms with Gasteiger partial charge in [0.2, 0.25) is 5.95 Å². The van der Waals surface area contributed by atoms with E-state index in [0.717, 1.165) is 22.6 Å². The third kappa shape index (κ3) is 2.76. The summed E-state index contributed by atoms with van der Waals surface area (Å²) in [6.07, 6.45) is 2.15. The van der Waals surface area contributed by atoms with Crippen LogP contribution in [-0.2, 0) is 0 Å². The molecule has 0 radical (unpaired) electrons. The standard InChI is InChI=1S/C19H19N5O/c1-12-4-5-15(10-13(12)2)17-11-18(24-19(20-17)21-22-23-24)14-6-8-16(25-3)9-7-14/h4-11,18H,1-3H3,(H,20,21,23)/t18-/m0/s1. The van der Waals surface area contributed by atoms with Crippen LogP contribution in [0.4, 0.5) is 5.95 Å². The number of ether oxygens (including phenoxy) is 1. The molecule has 2 aromatic carbocycles. The lowest BCUT2D eigenvalue weighted by Crippen LogP contribution is -2.20. The molecule has 1 aromatic heterocycles. The largest absolute Gasteiger partial charge is 0.497 e. The maximum absolute atomic E-state index is 5.25. The van der Waals surface area contributed by atoms with Gasteiger partial charge in [0.1, 0.15) is 11.8 Å². The van der Waals surface area contributed by atoms with Crippen molar-refractivity contribution in [1.29, 1.82) is 0 Å². The molecular weight excluding hydrogens is 314 g/mol. The highest BCUT2D eigenvalue weighted by Gasteiger charge is 2.24. The van der Waals surface area contributed by atoms with Gasteiger partial charge in [-0.1, -0.05) is 29.4 Å². The molecule has 4 rings (SSSR count). The molecule has 0 bridgehead atoms. The van der Waals surface area contributed by atoms with E-state index in [2.05, 4.69) is 59.0 Å². The molecule has 0 spiro atoms. The van der Waals surface area contributed by atoms with Gasteiger partial charge in [0.05, 0.1) is 7.11 Å². The number of anilines is 1. The van der Waals surface area contributed by atoms with E-state index >= 15 is 0 Å². The van der Waals surface area contributed by atoms with Crippen LogP contribution in [0.3, 0.4) is 0 Å². The van der Waals surface area contributed by atoms with Crippen molar-refractivity contribution in [3.63, 3.8) is 0 Å². The molecule has 0 aliphatic carbocycles. The number of hydrogen-bond donors (Lipinski definition) is 1. The number of fused-ring (bicyclic) bond motifs is 1. The number of nitrogens with zero attached hydrogens (tertiary/aromatic N) is 4. The molecule has 0 amide bonds. The van der Waals surface area contributed by atoms with E-state index in [1.807, 2.05) is 24.3 Å². The van der Waals surface area contributed by atoms with Crippen LogP contribution in [0.2, 0.25) is 0 Å². The molecular formula is C19H19N5O. The monoisotopic (exact) mass is 333 g/mol. The van der Waals surface area contributed by atoms with Crippen molar-refractivity contribution >= 4 is 11.6 Å². The van der Waals surface area contributed by atoms with Crippen molar-refractivity contribution in [2.75, 3.05) is 12.4 Å². The number of benzene rings is 2. The van der Waals surface area contributed by atoms with E-state index < -0.39 is 0 Å². The lowest BCUT2D eigenvalue weighted by atomic mass is 9.99. The second-order valence-electron chi connectivity index (χ2n) is 6.17. The van der Waals surface area contributed by atoms with E-state index in [9.17, 15) is 0 Å². The van der Waals surface area contributed by atoms with Crippen molar-refractivity contribution in [3.05, 3.63) is 70.8 Å². The summed E-state index contributed by atoms with van der Waals surface area (Å²) < 4.78 is 7.03. The van der Waals surface area contributed by atoms with Gasteiger partial charge in [-0.3, -0.25) is 0 Å². The van der Waals surface area contributed by atoms with Crippen LogP contribution in [0, 0.1) is 13.8 Å². The van der Waals surface area contributed by atoms with Crippen LogP contribution in [0.5, 0.6) is 5.75 Å². The molecule has 0 saturated heterocycles. The Bertz CT molecular complexity index is 943. The topological polar surface area (TPSA) is 64.9 Å². The van der Waals surface area contributed by atoms with Crippen LogP contribution in [-0.4, -0.2) is 27.3 Å². The Kier molecular flexibility index (Phi) is 3.72. The minimum Gasteiger partial charge on any atom is -0.497 e. The number of aromatic nitrogens is 4. The smallest absolute Gasteiger partial charge is 0.248 e. The predicted octanol–water partition coefficient (Wildman–Crippen LogP) is 3.35. The molecule has 0 fully saturated rings. The first-order valence-corrected chi connectivity index (χ1v) is 8.14. The lowest BCUT2D eigenvalue weighted by Gasteiger charge is -2.24. The zero-order valence-electron chi connectivity index (χ0n) is 14.4. The van der Waals surface area contributed by atoms with Gasteiger partial charge in [-0.05, 0) is 70.8 Å². The molecule has 0 saturated carbocycles. The quantitative estimate of drug-likeness (QED) is 0.796. The first kappa shape index (κ1) is 15.4. The first-order valence-electron chi connectivity index (χ1n) is 8.14. The van der Waals surface area contributed by atoms with Gasteiger partial charge in [-0.2, -0.15) is 4.68 Å². The summed E-state index contributed by atoms with van der Waals surface area (Å²) in [5, 5.41) is 15.4. The van der Waals surface area contributed by atoms with E-state index in [1.54, 1.807) is 11.8 Å². The average molecular weight is 333 g/mol. The van der Waals surface area contributed by atoms with Crippen molar-refractivity contribution in [3.8, 4) is 5.75 Å². The van der Waals surface area contributed by atoms with Gasteiger partial charge in [-0.15, -0.1) is 0 Å². The average Bonchev–Trinajstić information content (AvgIpc) is 3.12. The Hall–Kier alpha value is -3.15. The second kappa shape index (κ2) is 6.05. The molecule has 1 aliphatic rings. The zero-order chi connectivity index (χ0) is 17.4. The number of tetrazole rings is 1. The summed E-state index contributed by atoms with van der Waals surface area (Å²) in [7, 11) is 1.66. The SMILES string of the molecule is COc1ccc([C@@H]2C=C(c3ccc(C)c(C)c3)Nc3nnnn32)cc1. The summed E-state index contributed by atoms with van der Waals surface area (Å²) in [6, 6.07) is 14.3. The normalized spacial score (nSPS) is 16.0. The van der Waals surface area contributed by atoms with Crippen LogP contribution in [0.1, 0.15) is 28.3 Å². The van der Waals surface area contributed by atoms with Crippen LogP contribution in [0.25, 0.3) is 5.70 Å². The number of allylic oxidation sites excluding steroid dienone is 1. The van der Waals surface area contributed by atoms with E-state index in [0.29, 0.717) is 5.95 Å². The molecule has 1 N–H and O–H groups in total. The Morgan fingerprint density at radius 1 is 1.04 bits per heavy atom. The van der Waals surface area contributed by atoms with Gasteiger partial charge in [-0.25, -0.2) is 0 Å². The second-order valence-corrected chi connectivity index (χ2v) is 6.17. The Morgan fingerprint density at radius 3 is 2.56 bits per heavy atom. The molecule has 0 unspecified atom stereocenters. The number of methoxy groups -OCH3 is 1. The lowest BCUT2D eigenvalue weighted by molar-refractivity contribution is 0.414. The Morgan fingerprint density at radius 2 is 1.84 bits per heavy atom. The number of aryl methyl sites for hydroxylation is 2. The molecule has 1 aliphatic heterocycles. The minimum atomic E-state index is -0.0752. The van der Waals surface area contributed by atoms with Crippen molar-refractivity contribution in [2.45, 2.75) is 19.9 Å². The number of hydrogen-bond acceptors (Lipinski definition) is 5. The van der Waals surface area contributed by atoms with Gasteiger partial charge < -0.3 is 10.1 Å². The number of rotatable bonds is 3. The molecule has 2 heterocycles. The maximum atomic E-state index is 5.25. The predicted molar refractivity (Wildman–Crippen MR) is 96.5 cm³/mol. The van der Waals surface area contributed by atoms with Crippen molar-refractivity contribution in [2.24, 2.45) is 0 Å². The van der Waals surface area contributed by atoms with Crippen LogP contribution in [0.15, 0.2) is 48.5 Å². The van der Waals surface area contributed by atoms with E-state index in [4.69, 9.17) is 4.74 Å². The van der Waals surface area contributed by atoms with Gasteiger partial charge in [0, 0.05) is 5.70 Å². The molecule has 6 heteroatoms. The first-order chi connectivity index (χ1) is 12.2. The van der Waals surface area contributed by atoms with Gasteiger partial charge >= 0.3 is 0 Å². The van der Waals surface area contributed by atoms with E-state index in [-0.39, 0.29) is 6.04 Å². The van der Waals surface area contributed by atoms with Crippen LogP contribution < -0.4 is 10.1 Å². The fourth-order valence-corrected chi connectivity index (χ4v) is 2.97. The maximum Gasteiger partial charge on any atom is 0.248 e. The van der Waals surface area contributed by atoms with Crippen molar-refractivity contribution in [1.82, 2.24) is 20.2 Å². The van der Waals surface area contributed by atoms with E-state index in [1.165, 1.54) is 11.1 Å². The minimum absolute atomic E-state index is 0.0752. The highest BCUT2D eigenvalue weighted by atomic mass is 16.5. The summed E-state index contributed by atoms with van der Waals surface area (Å²) in [6.45, 7) is 4.23.